The summed E-state index contributed by atoms with van der Waals surface area (Å²) in [6, 6.07) is 67.6. The Morgan fingerprint density at radius 3 is 1.62 bits per heavy atom. The highest BCUT2D eigenvalue weighted by molar-refractivity contribution is 6.28. The second kappa shape index (κ2) is 11.8. The molecule has 0 radical (unpaired) electrons. The van der Waals surface area contributed by atoms with Gasteiger partial charge >= 0.3 is 0 Å². The van der Waals surface area contributed by atoms with Crippen molar-refractivity contribution in [2.45, 2.75) is 0 Å². The van der Waals surface area contributed by atoms with Crippen molar-refractivity contribution >= 4 is 65.0 Å². The third-order valence-corrected chi connectivity index (χ3v) is 10.9. The fourth-order valence-electron chi connectivity index (χ4n) is 8.50. The number of rotatable bonds is 4. The van der Waals surface area contributed by atoms with Crippen LogP contribution in [0.2, 0.25) is 0 Å². The van der Waals surface area contributed by atoms with Crippen LogP contribution >= 0.6 is 0 Å². The second-order valence-electron chi connectivity index (χ2n) is 13.8. The molecule has 2 nitrogen and oxygen atoms in total. The first-order valence-electron chi connectivity index (χ1n) is 18.1. The molecule has 10 aromatic carbocycles. The quantitative estimate of drug-likeness (QED) is 0.137. The summed E-state index contributed by atoms with van der Waals surface area (Å²) in [6.07, 6.45) is 0. The monoisotopic (exact) mass is 673 g/mol. The molecule has 0 saturated heterocycles. The summed E-state index contributed by atoms with van der Waals surface area (Å²) in [4.78, 5) is 4.96. The predicted molar refractivity (Wildman–Crippen MR) is 223 cm³/mol. The van der Waals surface area contributed by atoms with Gasteiger partial charge in [0, 0.05) is 10.9 Å². The Bertz CT molecular complexity index is 3150. The van der Waals surface area contributed by atoms with Crippen LogP contribution in [0.1, 0.15) is 0 Å². The maximum Gasteiger partial charge on any atom is 0.227 e. The third kappa shape index (κ3) is 4.63. The van der Waals surface area contributed by atoms with E-state index in [9.17, 15) is 0 Å². The van der Waals surface area contributed by atoms with Gasteiger partial charge < -0.3 is 4.42 Å². The summed E-state index contributed by atoms with van der Waals surface area (Å²) in [5, 5.41) is 12.0. The van der Waals surface area contributed by atoms with Crippen LogP contribution in [0.5, 0.6) is 0 Å². The molecule has 0 saturated carbocycles. The Labute approximate surface area is 306 Å². The summed E-state index contributed by atoms with van der Waals surface area (Å²) in [6.45, 7) is 0. The van der Waals surface area contributed by atoms with Crippen LogP contribution in [0.15, 0.2) is 192 Å². The van der Waals surface area contributed by atoms with Gasteiger partial charge in [-0.15, -0.1) is 0 Å². The van der Waals surface area contributed by atoms with Crippen molar-refractivity contribution in [3.05, 3.63) is 188 Å². The Hall–Kier alpha value is -7.03. The van der Waals surface area contributed by atoms with Gasteiger partial charge in [0.1, 0.15) is 5.52 Å². The lowest BCUT2D eigenvalue weighted by Gasteiger charge is -2.20. The molecule has 11 aromatic rings. The first-order valence-corrected chi connectivity index (χ1v) is 18.1. The number of nitrogens with zero attached hydrogens (tertiary/aromatic N) is 1. The molecule has 1 heterocycles. The molecule has 0 aliphatic heterocycles. The molecule has 0 amide bonds. The smallest absolute Gasteiger partial charge is 0.227 e. The number of oxazole rings is 1. The predicted octanol–water partition coefficient (Wildman–Crippen LogP) is 14.3. The van der Waals surface area contributed by atoms with E-state index in [1.807, 2.05) is 30.3 Å². The largest absolute Gasteiger partial charge is 0.435 e. The molecule has 0 unspecified atom stereocenters. The van der Waals surface area contributed by atoms with Gasteiger partial charge in [-0.3, -0.25) is 0 Å². The maximum absolute atomic E-state index is 6.67. The van der Waals surface area contributed by atoms with Crippen molar-refractivity contribution in [3.8, 4) is 44.8 Å². The second-order valence-corrected chi connectivity index (χ2v) is 13.8. The van der Waals surface area contributed by atoms with Crippen LogP contribution in [0.3, 0.4) is 0 Å². The van der Waals surface area contributed by atoms with E-state index in [0.717, 1.165) is 32.8 Å². The zero-order chi connectivity index (χ0) is 34.9. The van der Waals surface area contributed by atoms with Gasteiger partial charge in [-0.25, -0.2) is 4.98 Å². The van der Waals surface area contributed by atoms with Crippen molar-refractivity contribution < 1.29 is 4.42 Å². The highest BCUT2D eigenvalue weighted by Crippen LogP contribution is 2.48. The highest BCUT2D eigenvalue weighted by atomic mass is 16.3. The van der Waals surface area contributed by atoms with Crippen molar-refractivity contribution in [2.24, 2.45) is 0 Å². The van der Waals surface area contributed by atoms with E-state index in [4.69, 9.17) is 9.40 Å². The van der Waals surface area contributed by atoms with E-state index in [0.29, 0.717) is 5.89 Å². The lowest BCUT2D eigenvalue weighted by atomic mass is 9.83. The van der Waals surface area contributed by atoms with E-state index >= 15 is 0 Å². The zero-order valence-electron chi connectivity index (χ0n) is 28.8. The number of fused-ring (bicyclic) bond motifs is 8. The minimum Gasteiger partial charge on any atom is -0.435 e. The summed E-state index contributed by atoms with van der Waals surface area (Å²) in [5.74, 6) is 0.634. The van der Waals surface area contributed by atoms with Crippen LogP contribution in [-0.4, -0.2) is 4.98 Å². The van der Waals surface area contributed by atoms with Gasteiger partial charge in [0.05, 0.1) is 0 Å². The van der Waals surface area contributed by atoms with Gasteiger partial charge in [0.15, 0.2) is 5.58 Å². The molecular weight excluding hydrogens is 643 g/mol. The van der Waals surface area contributed by atoms with E-state index in [1.165, 1.54) is 71.1 Å². The number of aromatic nitrogens is 1. The molecule has 0 N–H and O–H groups in total. The molecule has 1 aromatic heterocycles. The van der Waals surface area contributed by atoms with E-state index < -0.39 is 0 Å². The van der Waals surface area contributed by atoms with E-state index in [1.54, 1.807) is 0 Å². The SMILES string of the molecule is c1ccc(-c2nc3ccc4c(-c5c6ccccc6c(-c6ccc(-c7cccc8ccccc78)cc6)c6ccccc56)cc5ccccc5c4c3o2)cc1. The van der Waals surface area contributed by atoms with Gasteiger partial charge in [0.2, 0.25) is 5.89 Å². The minimum absolute atomic E-state index is 0.634. The number of hydrogen-bond acceptors (Lipinski definition) is 2. The zero-order valence-corrected chi connectivity index (χ0v) is 28.8. The van der Waals surface area contributed by atoms with Crippen molar-refractivity contribution in [1.29, 1.82) is 0 Å². The molecule has 11 rings (SSSR count). The third-order valence-electron chi connectivity index (χ3n) is 10.9. The Balaban J connectivity index is 1.18. The molecule has 0 atom stereocenters. The Morgan fingerprint density at radius 1 is 0.340 bits per heavy atom. The molecule has 53 heavy (non-hydrogen) atoms. The number of benzene rings is 10. The van der Waals surface area contributed by atoms with Gasteiger partial charge in [-0.05, 0) is 106 Å². The molecule has 0 spiro atoms. The normalized spacial score (nSPS) is 11.8. The van der Waals surface area contributed by atoms with Crippen molar-refractivity contribution in [3.63, 3.8) is 0 Å². The lowest BCUT2D eigenvalue weighted by molar-refractivity contribution is 0.623. The standard InChI is InChI=1S/C51H31NO/c1-2-14-35(15-3-1)51-52-46-30-29-44-45(31-36-16-5-7-19-39(36)49(44)50(46)53-51)48-42-22-10-8-20-40(42)47(41-21-9-11-23-43(41)48)34-27-25-33(26-28-34)38-24-12-17-32-13-4-6-18-37(32)38/h1-31H. The van der Waals surface area contributed by atoms with Crippen molar-refractivity contribution in [2.75, 3.05) is 0 Å². The van der Waals surface area contributed by atoms with Crippen molar-refractivity contribution in [1.82, 2.24) is 4.98 Å². The fourth-order valence-corrected chi connectivity index (χ4v) is 8.50. The maximum atomic E-state index is 6.67. The van der Waals surface area contributed by atoms with Gasteiger partial charge in [-0.2, -0.15) is 0 Å². The molecular formula is C51H31NO. The summed E-state index contributed by atoms with van der Waals surface area (Å²) >= 11 is 0. The first kappa shape index (κ1) is 29.7. The fraction of sp³-hybridized carbons (Fsp3) is 0. The molecule has 2 heteroatoms. The molecule has 0 bridgehead atoms. The average molecular weight is 674 g/mol. The van der Waals surface area contributed by atoms with Crippen LogP contribution in [0, 0.1) is 0 Å². The van der Waals surface area contributed by atoms with Crippen LogP contribution in [0.25, 0.3) is 110 Å². The van der Waals surface area contributed by atoms with E-state index in [-0.39, 0.29) is 0 Å². The molecule has 246 valence electrons. The van der Waals surface area contributed by atoms with Crippen LogP contribution in [0.4, 0.5) is 0 Å². The first-order chi connectivity index (χ1) is 26.3. The van der Waals surface area contributed by atoms with Crippen LogP contribution < -0.4 is 0 Å². The van der Waals surface area contributed by atoms with Gasteiger partial charge in [-0.1, -0.05) is 164 Å². The summed E-state index contributed by atoms with van der Waals surface area (Å²) in [7, 11) is 0. The summed E-state index contributed by atoms with van der Waals surface area (Å²) < 4.78 is 6.67. The Morgan fingerprint density at radius 2 is 0.906 bits per heavy atom. The molecule has 0 fully saturated rings. The minimum atomic E-state index is 0.634. The molecule has 0 aliphatic carbocycles. The topological polar surface area (TPSA) is 26.0 Å². The van der Waals surface area contributed by atoms with Gasteiger partial charge in [0.25, 0.3) is 0 Å². The van der Waals surface area contributed by atoms with Crippen LogP contribution in [-0.2, 0) is 0 Å². The Kier molecular flexibility index (Phi) is 6.59. The number of hydrogen-bond donors (Lipinski definition) is 0. The molecule has 0 aliphatic rings. The summed E-state index contributed by atoms with van der Waals surface area (Å²) in [5.41, 5.74) is 9.97. The lowest BCUT2D eigenvalue weighted by Crippen LogP contribution is -1.92. The van der Waals surface area contributed by atoms with E-state index in [2.05, 4.69) is 158 Å². The highest BCUT2D eigenvalue weighted by Gasteiger charge is 2.21. The average Bonchev–Trinajstić information content (AvgIpc) is 3.68.